The van der Waals surface area contributed by atoms with Crippen molar-refractivity contribution in [1.29, 1.82) is 5.26 Å². The number of ether oxygens (including phenoxy) is 1. The molecule has 1 aromatic rings. The first-order valence-corrected chi connectivity index (χ1v) is 6.88. The average Bonchev–Trinajstić information content (AvgIpc) is 2.36. The van der Waals surface area contributed by atoms with Gasteiger partial charge in [-0.05, 0) is 12.5 Å². The summed E-state index contributed by atoms with van der Waals surface area (Å²) in [5.41, 5.74) is 0.472. The van der Waals surface area contributed by atoms with Crippen LogP contribution in [0.5, 0.6) is 0 Å². The summed E-state index contributed by atoms with van der Waals surface area (Å²) >= 11 is 0. The van der Waals surface area contributed by atoms with E-state index in [2.05, 4.69) is 4.74 Å². The van der Waals surface area contributed by atoms with Crippen LogP contribution in [0.25, 0.3) is 0 Å². The molecule has 2 N–H and O–H groups in total. The maximum atomic E-state index is 11.6. The lowest BCUT2D eigenvalue weighted by Crippen LogP contribution is -2.41. The fourth-order valence-corrected chi connectivity index (χ4v) is 2.11. The van der Waals surface area contributed by atoms with E-state index in [0.29, 0.717) is 5.56 Å². The Morgan fingerprint density at radius 3 is 2.58 bits per heavy atom. The van der Waals surface area contributed by atoms with Crippen molar-refractivity contribution in [3.63, 3.8) is 0 Å². The Labute approximate surface area is 111 Å². The molecule has 102 valence electrons. The first kappa shape index (κ1) is 14.9. The summed E-state index contributed by atoms with van der Waals surface area (Å²) in [6, 6.07) is 8.99. The minimum atomic E-state index is -4.16. The van der Waals surface area contributed by atoms with E-state index in [1.807, 2.05) is 4.72 Å². The maximum Gasteiger partial charge on any atom is 0.421 e. The first-order chi connectivity index (χ1) is 8.98. The van der Waals surface area contributed by atoms with Gasteiger partial charge in [0, 0.05) is 0 Å². The monoisotopic (exact) mass is 283 g/mol. The van der Waals surface area contributed by atoms with Gasteiger partial charge in [0.25, 0.3) is 0 Å². The van der Waals surface area contributed by atoms with Crippen LogP contribution in [-0.2, 0) is 14.9 Å². The van der Waals surface area contributed by atoms with E-state index in [-0.39, 0.29) is 6.61 Å². The Morgan fingerprint density at radius 2 is 2.05 bits per heavy atom. The molecule has 0 spiro atoms. The zero-order chi connectivity index (χ0) is 14.3. The van der Waals surface area contributed by atoms with E-state index in [4.69, 9.17) is 5.26 Å². The minimum absolute atomic E-state index is 0.0434. The normalized spacial score (nSPS) is 12.2. The second kappa shape index (κ2) is 6.72. The number of carbonyl (C=O) groups excluding carboxylic acids is 1. The molecular formula is C11H13N3O4S. The molecule has 0 bridgehead atoms. The van der Waals surface area contributed by atoms with E-state index in [0.717, 1.165) is 0 Å². The average molecular weight is 283 g/mol. The van der Waals surface area contributed by atoms with Crippen LogP contribution in [0.1, 0.15) is 18.5 Å². The molecule has 1 aromatic carbocycles. The molecule has 1 atom stereocenters. The molecule has 0 aliphatic rings. The lowest BCUT2D eigenvalue weighted by atomic mass is 10.1. The van der Waals surface area contributed by atoms with E-state index < -0.39 is 22.3 Å². The topological polar surface area (TPSA) is 108 Å². The molecule has 0 aliphatic heterocycles. The largest absolute Gasteiger partial charge is 0.449 e. The molecule has 19 heavy (non-hydrogen) atoms. The van der Waals surface area contributed by atoms with E-state index in [1.165, 1.54) is 0 Å². The highest BCUT2D eigenvalue weighted by molar-refractivity contribution is 7.88. The molecule has 1 amide bonds. The molecule has 0 radical (unpaired) electrons. The molecular weight excluding hydrogens is 270 g/mol. The fraction of sp³-hybridized carbons (Fsp3) is 0.273. The molecule has 0 saturated carbocycles. The fourth-order valence-electron chi connectivity index (χ4n) is 1.27. The zero-order valence-electron chi connectivity index (χ0n) is 10.2. The Balaban J connectivity index is 2.76. The van der Waals surface area contributed by atoms with Gasteiger partial charge in [-0.3, -0.25) is 0 Å². The number of nitriles is 1. The van der Waals surface area contributed by atoms with Gasteiger partial charge in [0.2, 0.25) is 0 Å². The maximum absolute atomic E-state index is 11.6. The van der Waals surface area contributed by atoms with Gasteiger partial charge in [0.1, 0.15) is 6.04 Å². The highest BCUT2D eigenvalue weighted by Gasteiger charge is 2.21. The molecule has 8 heteroatoms. The van der Waals surface area contributed by atoms with Gasteiger partial charge < -0.3 is 4.74 Å². The van der Waals surface area contributed by atoms with Crippen LogP contribution < -0.4 is 9.44 Å². The van der Waals surface area contributed by atoms with Gasteiger partial charge >= 0.3 is 16.3 Å². The Morgan fingerprint density at radius 1 is 1.42 bits per heavy atom. The van der Waals surface area contributed by atoms with Crippen LogP contribution in [0.4, 0.5) is 4.79 Å². The molecule has 1 rings (SSSR count). The van der Waals surface area contributed by atoms with E-state index >= 15 is 0 Å². The number of hydrogen-bond donors (Lipinski definition) is 2. The third kappa shape index (κ3) is 4.95. The molecule has 0 aliphatic carbocycles. The van der Waals surface area contributed by atoms with Gasteiger partial charge in [0.05, 0.1) is 12.7 Å². The summed E-state index contributed by atoms with van der Waals surface area (Å²) in [4.78, 5) is 11.0. The molecule has 1 unspecified atom stereocenters. The smallest absolute Gasteiger partial charge is 0.421 e. The lowest BCUT2D eigenvalue weighted by Gasteiger charge is -2.12. The Kier molecular flexibility index (Phi) is 5.29. The van der Waals surface area contributed by atoms with E-state index in [1.54, 1.807) is 48.0 Å². The predicted octanol–water partition coefficient (Wildman–Crippen LogP) is 0.832. The van der Waals surface area contributed by atoms with Crippen LogP contribution in [0, 0.1) is 11.3 Å². The van der Waals surface area contributed by atoms with Crippen LogP contribution in [0.2, 0.25) is 0 Å². The number of benzene rings is 1. The highest BCUT2D eigenvalue weighted by atomic mass is 32.2. The van der Waals surface area contributed by atoms with Crippen molar-refractivity contribution in [3.05, 3.63) is 35.9 Å². The second-order valence-corrected chi connectivity index (χ2v) is 4.86. The summed E-state index contributed by atoms with van der Waals surface area (Å²) in [6.07, 6.45) is -1.10. The van der Waals surface area contributed by atoms with Crippen LogP contribution in [0.15, 0.2) is 30.3 Å². The van der Waals surface area contributed by atoms with Crippen molar-refractivity contribution in [2.24, 2.45) is 0 Å². The van der Waals surface area contributed by atoms with Crippen LogP contribution in [0.3, 0.4) is 0 Å². The summed E-state index contributed by atoms with van der Waals surface area (Å²) in [7, 11) is -4.16. The second-order valence-electron chi connectivity index (χ2n) is 3.42. The standard InChI is InChI=1S/C11H13N3O4S/c1-2-18-11(15)14-19(16,17)13-10(8-12)9-6-4-3-5-7-9/h3-7,10,13H,2H2,1H3,(H,14,15). The van der Waals surface area contributed by atoms with Crippen molar-refractivity contribution >= 4 is 16.3 Å². The van der Waals surface area contributed by atoms with Crippen molar-refractivity contribution in [1.82, 2.24) is 9.44 Å². The van der Waals surface area contributed by atoms with Gasteiger partial charge in [-0.25, -0.2) is 9.52 Å². The van der Waals surface area contributed by atoms with Crippen molar-refractivity contribution in [2.45, 2.75) is 13.0 Å². The highest BCUT2D eigenvalue weighted by Crippen LogP contribution is 2.11. The van der Waals surface area contributed by atoms with Gasteiger partial charge in [-0.15, -0.1) is 0 Å². The summed E-state index contributed by atoms with van der Waals surface area (Å²) < 4.78 is 31.3. The lowest BCUT2D eigenvalue weighted by molar-refractivity contribution is 0.158. The number of carbonyl (C=O) groups is 1. The number of nitrogens with zero attached hydrogens (tertiary/aromatic N) is 1. The third-order valence-corrected chi connectivity index (χ3v) is 3.01. The molecule has 0 saturated heterocycles. The molecule has 0 fully saturated rings. The summed E-state index contributed by atoms with van der Waals surface area (Å²) in [6.45, 7) is 1.59. The van der Waals surface area contributed by atoms with Crippen molar-refractivity contribution in [2.75, 3.05) is 6.61 Å². The van der Waals surface area contributed by atoms with Crippen molar-refractivity contribution < 1.29 is 17.9 Å². The predicted molar refractivity (Wildman–Crippen MR) is 67.0 cm³/mol. The van der Waals surface area contributed by atoms with Gasteiger partial charge in [-0.1, -0.05) is 30.3 Å². The summed E-state index contributed by atoms with van der Waals surface area (Å²) in [5, 5.41) is 8.96. The van der Waals surface area contributed by atoms with Crippen LogP contribution >= 0.6 is 0 Å². The third-order valence-electron chi connectivity index (χ3n) is 2.03. The Bertz CT molecular complexity index is 565. The molecule has 7 nitrogen and oxygen atoms in total. The SMILES string of the molecule is CCOC(=O)NS(=O)(=O)NC(C#N)c1ccccc1. The van der Waals surface area contributed by atoms with Crippen molar-refractivity contribution in [3.8, 4) is 6.07 Å². The van der Waals surface area contributed by atoms with Gasteiger partial charge in [0.15, 0.2) is 0 Å². The summed E-state index contributed by atoms with van der Waals surface area (Å²) in [5.74, 6) is 0. The Hall–Kier alpha value is -2.11. The minimum Gasteiger partial charge on any atom is -0.449 e. The van der Waals surface area contributed by atoms with Crippen LogP contribution in [-0.4, -0.2) is 21.1 Å². The van der Waals surface area contributed by atoms with Gasteiger partial charge in [-0.2, -0.15) is 18.4 Å². The number of amides is 1. The zero-order valence-corrected chi connectivity index (χ0v) is 11.0. The number of rotatable bonds is 5. The first-order valence-electron chi connectivity index (χ1n) is 5.40. The molecule has 0 aromatic heterocycles. The number of hydrogen-bond acceptors (Lipinski definition) is 5. The van der Waals surface area contributed by atoms with E-state index in [9.17, 15) is 13.2 Å². The quantitative estimate of drug-likeness (QED) is 0.832. The molecule has 0 heterocycles. The number of nitrogens with one attached hydrogen (secondary N) is 2.